The molecular formula is C15H18O4S2. The molecule has 1 atom stereocenters. The maximum absolute atomic E-state index is 11.8. The van der Waals surface area contributed by atoms with Gasteiger partial charge in [0.25, 0.3) is 0 Å². The maximum atomic E-state index is 11.8. The maximum Gasteiger partial charge on any atom is 0.348 e. The van der Waals surface area contributed by atoms with Crippen molar-refractivity contribution in [2.45, 2.75) is 17.9 Å². The average Bonchev–Trinajstić information content (AvgIpc) is 2.50. The van der Waals surface area contributed by atoms with Crippen LogP contribution in [0.4, 0.5) is 0 Å². The zero-order valence-electron chi connectivity index (χ0n) is 12.0. The lowest BCUT2D eigenvalue weighted by atomic mass is 10.2. The van der Waals surface area contributed by atoms with E-state index in [0.717, 1.165) is 12.2 Å². The lowest BCUT2D eigenvalue weighted by Crippen LogP contribution is -2.17. The number of carbonyl (C=O) groups is 1. The molecule has 0 spiro atoms. The molecule has 1 aliphatic rings. The molecule has 4 nitrogen and oxygen atoms in total. The lowest BCUT2D eigenvalue weighted by Gasteiger charge is -2.22. The molecule has 1 N–H and O–H groups in total. The number of aliphatic hydroxyl groups excluding tert-OH is 1. The molecule has 0 radical (unpaired) electrons. The van der Waals surface area contributed by atoms with Gasteiger partial charge in [0.1, 0.15) is 16.4 Å². The van der Waals surface area contributed by atoms with E-state index in [4.69, 9.17) is 9.47 Å². The minimum atomic E-state index is -0.431. The summed E-state index contributed by atoms with van der Waals surface area (Å²) in [6.45, 7) is 2.07. The highest BCUT2D eigenvalue weighted by atomic mass is 32.2. The van der Waals surface area contributed by atoms with Crippen molar-refractivity contribution in [1.82, 2.24) is 0 Å². The fourth-order valence-corrected chi connectivity index (χ4v) is 4.44. The summed E-state index contributed by atoms with van der Waals surface area (Å²) in [6.07, 6.45) is 0.815. The summed E-state index contributed by atoms with van der Waals surface area (Å²) < 4.78 is 10.3. The number of aliphatic hydroxyl groups is 1. The number of hydrogen-bond donors (Lipinski definition) is 1. The molecule has 1 aromatic carbocycles. The Balaban J connectivity index is 2.00. The van der Waals surface area contributed by atoms with Crippen molar-refractivity contribution >= 4 is 29.5 Å². The van der Waals surface area contributed by atoms with Gasteiger partial charge in [-0.05, 0) is 31.0 Å². The van der Waals surface area contributed by atoms with E-state index in [-0.39, 0.29) is 10.3 Å². The van der Waals surface area contributed by atoms with Crippen LogP contribution in [0.15, 0.2) is 34.9 Å². The van der Waals surface area contributed by atoms with Crippen molar-refractivity contribution in [2.75, 3.05) is 19.5 Å². The number of esters is 1. The first-order valence-corrected chi connectivity index (χ1v) is 8.57. The fourth-order valence-electron chi connectivity index (χ4n) is 1.89. The number of methoxy groups -OCH3 is 1. The standard InChI is InChI=1S/C15H18O4S2/c1-3-19-15(17)14-12(16)9-20-13(21-14)8-10-4-6-11(18-2)7-5-10/h4-7,13,16H,3,8-9H2,1-2H3. The normalized spacial score (nSPS) is 18.5. The van der Waals surface area contributed by atoms with Gasteiger partial charge in [0, 0.05) is 0 Å². The van der Waals surface area contributed by atoms with Crippen LogP contribution in [0, 0.1) is 0 Å². The third kappa shape index (κ3) is 4.35. The molecule has 0 saturated heterocycles. The van der Waals surface area contributed by atoms with Crippen LogP contribution in [0.3, 0.4) is 0 Å². The number of ether oxygens (including phenoxy) is 2. The second-order valence-electron chi connectivity index (χ2n) is 4.41. The van der Waals surface area contributed by atoms with Crippen LogP contribution in [0.5, 0.6) is 5.75 Å². The molecule has 1 aromatic rings. The third-order valence-electron chi connectivity index (χ3n) is 2.94. The summed E-state index contributed by atoms with van der Waals surface area (Å²) in [6, 6.07) is 7.88. The van der Waals surface area contributed by atoms with E-state index < -0.39 is 5.97 Å². The van der Waals surface area contributed by atoms with Gasteiger partial charge < -0.3 is 14.6 Å². The quantitative estimate of drug-likeness (QED) is 0.837. The van der Waals surface area contributed by atoms with E-state index in [1.165, 1.54) is 17.3 Å². The highest BCUT2D eigenvalue weighted by Crippen LogP contribution is 2.40. The van der Waals surface area contributed by atoms with Gasteiger partial charge in [0.15, 0.2) is 0 Å². The first kappa shape index (κ1) is 16.1. The van der Waals surface area contributed by atoms with E-state index in [1.54, 1.807) is 25.8 Å². The molecule has 21 heavy (non-hydrogen) atoms. The lowest BCUT2D eigenvalue weighted by molar-refractivity contribution is -0.137. The van der Waals surface area contributed by atoms with Gasteiger partial charge in [-0.3, -0.25) is 0 Å². The smallest absolute Gasteiger partial charge is 0.348 e. The van der Waals surface area contributed by atoms with Gasteiger partial charge in [0.2, 0.25) is 0 Å². The van der Waals surface area contributed by atoms with Gasteiger partial charge in [-0.1, -0.05) is 12.1 Å². The van der Waals surface area contributed by atoms with Crippen molar-refractivity contribution < 1.29 is 19.4 Å². The summed E-state index contributed by atoms with van der Waals surface area (Å²) in [7, 11) is 1.64. The Morgan fingerprint density at radius 1 is 1.38 bits per heavy atom. The molecule has 2 rings (SSSR count). The molecule has 0 aromatic heterocycles. The Kier molecular flexibility index (Phi) is 5.87. The summed E-state index contributed by atoms with van der Waals surface area (Å²) in [4.78, 5) is 12.1. The SMILES string of the molecule is CCOC(=O)C1=C(O)CSC(Cc2ccc(OC)cc2)S1. The predicted molar refractivity (Wildman–Crippen MR) is 86.8 cm³/mol. The molecule has 0 bridgehead atoms. The van der Waals surface area contributed by atoms with E-state index in [0.29, 0.717) is 17.3 Å². The molecule has 0 aliphatic carbocycles. The van der Waals surface area contributed by atoms with Crippen molar-refractivity contribution in [2.24, 2.45) is 0 Å². The molecular weight excluding hydrogens is 308 g/mol. The van der Waals surface area contributed by atoms with Crippen molar-refractivity contribution in [1.29, 1.82) is 0 Å². The fraction of sp³-hybridized carbons (Fsp3) is 0.400. The number of rotatable bonds is 5. The molecule has 1 aliphatic heterocycles. The third-order valence-corrected chi connectivity index (χ3v) is 5.68. The first-order valence-electron chi connectivity index (χ1n) is 6.64. The van der Waals surface area contributed by atoms with Crippen LogP contribution in [0.1, 0.15) is 12.5 Å². The number of hydrogen-bond acceptors (Lipinski definition) is 6. The van der Waals surface area contributed by atoms with E-state index in [9.17, 15) is 9.90 Å². The summed E-state index contributed by atoms with van der Waals surface area (Å²) in [5.41, 5.74) is 1.17. The van der Waals surface area contributed by atoms with Gasteiger partial charge in [-0.15, -0.1) is 23.5 Å². The van der Waals surface area contributed by atoms with Crippen molar-refractivity contribution in [3.05, 3.63) is 40.5 Å². The Bertz CT molecular complexity index is 525. The minimum Gasteiger partial charge on any atom is -0.510 e. The first-order chi connectivity index (χ1) is 10.1. The molecule has 6 heteroatoms. The van der Waals surface area contributed by atoms with Crippen LogP contribution in [0.25, 0.3) is 0 Å². The molecule has 1 heterocycles. The van der Waals surface area contributed by atoms with E-state index in [1.807, 2.05) is 24.3 Å². The average molecular weight is 326 g/mol. The molecule has 114 valence electrons. The van der Waals surface area contributed by atoms with Crippen molar-refractivity contribution in [3.8, 4) is 5.75 Å². The number of carbonyl (C=O) groups excluding carboxylic acids is 1. The van der Waals surface area contributed by atoms with Crippen LogP contribution >= 0.6 is 23.5 Å². The topological polar surface area (TPSA) is 55.8 Å². The monoisotopic (exact) mass is 326 g/mol. The second-order valence-corrected chi connectivity index (χ2v) is 7.11. The van der Waals surface area contributed by atoms with Crippen LogP contribution in [-0.2, 0) is 16.0 Å². The minimum absolute atomic E-state index is 0.120. The zero-order chi connectivity index (χ0) is 15.2. The second kappa shape index (κ2) is 7.66. The molecule has 0 fully saturated rings. The Morgan fingerprint density at radius 3 is 2.71 bits per heavy atom. The summed E-state index contributed by atoms with van der Waals surface area (Å²) >= 11 is 3.01. The highest BCUT2D eigenvalue weighted by molar-refractivity contribution is 8.19. The van der Waals surface area contributed by atoms with Crippen LogP contribution in [0.2, 0.25) is 0 Å². The predicted octanol–water partition coefficient (Wildman–Crippen LogP) is 3.38. The largest absolute Gasteiger partial charge is 0.510 e. The zero-order valence-corrected chi connectivity index (χ0v) is 13.6. The van der Waals surface area contributed by atoms with Gasteiger partial charge >= 0.3 is 5.97 Å². The van der Waals surface area contributed by atoms with Gasteiger partial charge in [-0.25, -0.2) is 4.79 Å². The van der Waals surface area contributed by atoms with Gasteiger partial charge in [0.05, 0.1) is 24.1 Å². The van der Waals surface area contributed by atoms with Crippen LogP contribution in [-0.4, -0.2) is 35.1 Å². The molecule has 0 amide bonds. The van der Waals surface area contributed by atoms with E-state index >= 15 is 0 Å². The Labute approximate surface area is 132 Å². The molecule has 1 unspecified atom stereocenters. The molecule has 0 saturated carbocycles. The summed E-state index contributed by atoms with van der Waals surface area (Å²) in [5, 5.41) is 9.84. The highest BCUT2D eigenvalue weighted by Gasteiger charge is 2.27. The van der Waals surface area contributed by atoms with Gasteiger partial charge in [-0.2, -0.15) is 0 Å². The number of benzene rings is 1. The van der Waals surface area contributed by atoms with Crippen molar-refractivity contribution in [3.63, 3.8) is 0 Å². The number of thioether (sulfide) groups is 2. The van der Waals surface area contributed by atoms with Crippen LogP contribution < -0.4 is 4.74 Å². The Hall–Kier alpha value is -1.27. The van der Waals surface area contributed by atoms with E-state index in [2.05, 4.69) is 0 Å². The Morgan fingerprint density at radius 2 is 2.10 bits per heavy atom. The summed E-state index contributed by atoms with van der Waals surface area (Å²) in [5.74, 6) is 0.962.